The first kappa shape index (κ1) is 21.1. The van der Waals surface area contributed by atoms with E-state index in [-0.39, 0.29) is 12.3 Å². The zero-order valence-electron chi connectivity index (χ0n) is 17.7. The number of allylic oxidation sites excluding steroid dienone is 8. The molecule has 1 aromatic carbocycles. The largest absolute Gasteiger partial charge is 0.467 e. The lowest BCUT2D eigenvalue weighted by Crippen LogP contribution is -2.43. The third-order valence-corrected chi connectivity index (χ3v) is 5.51. The molecule has 0 saturated heterocycles. The molecule has 1 heterocycles. The molecule has 2 aliphatic carbocycles. The number of esters is 1. The van der Waals surface area contributed by atoms with E-state index in [1.807, 2.05) is 36.5 Å². The monoisotopic (exact) mass is 427 g/mol. The number of nitrogens with zero attached hydrogens (tertiary/aromatic N) is 2. The van der Waals surface area contributed by atoms with Crippen molar-refractivity contribution in [2.75, 3.05) is 7.11 Å². The molecule has 2 aromatic rings. The smallest absolute Gasteiger partial charge is 0.354 e. The van der Waals surface area contributed by atoms with E-state index in [0.717, 1.165) is 35.1 Å². The normalized spacial score (nSPS) is 15.1. The van der Waals surface area contributed by atoms with Gasteiger partial charge in [0, 0.05) is 23.9 Å². The highest BCUT2D eigenvalue weighted by atomic mass is 16.5. The van der Waals surface area contributed by atoms with Gasteiger partial charge in [0.25, 0.3) is 12.5 Å². The fraction of sp³-hybridized carbons (Fsp3) is 0.200. The third-order valence-electron chi connectivity index (χ3n) is 5.51. The molecule has 32 heavy (non-hydrogen) atoms. The number of nitrogens with one attached hydrogen (secondary N) is 2. The highest BCUT2D eigenvalue weighted by Gasteiger charge is 2.28. The van der Waals surface area contributed by atoms with Gasteiger partial charge in [-0.25, -0.2) is 9.78 Å². The number of carbonyl (C=O) groups excluding carboxylic acids is 2. The van der Waals surface area contributed by atoms with Crippen molar-refractivity contribution < 1.29 is 14.3 Å². The number of aromatic nitrogens is 2. The van der Waals surface area contributed by atoms with E-state index in [0.29, 0.717) is 16.9 Å². The molecule has 0 saturated carbocycles. The van der Waals surface area contributed by atoms with Crippen molar-refractivity contribution in [3.05, 3.63) is 88.3 Å². The van der Waals surface area contributed by atoms with Crippen molar-refractivity contribution in [2.24, 2.45) is 0 Å². The van der Waals surface area contributed by atoms with Crippen molar-refractivity contribution in [1.82, 2.24) is 15.3 Å². The molecule has 4 rings (SSSR count). The molecule has 0 fully saturated rings. The number of methoxy groups -OCH3 is 1. The zero-order valence-corrected chi connectivity index (χ0v) is 17.7. The van der Waals surface area contributed by atoms with Gasteiger partial charge in [-0.05, 0) is 41.0 Å². The standard InChI is InChI=1S/C25H22N4O3/c1-26-23-20(16-7-3-4-8-16)11-18(12-21(23)17-9-5-6-10-17)24(30)29-22(25(31)32-2)13-19-14-27-15-28-19/h1,3-7,9,11-12,14-15,22H,8,10,13H2,2H3,(H-,27,28,29,30)/p+1/t22-/m1/s1. The molecule has 0 spiro atoms. The summed E-state index contributed by atoms with van der Waals surface area (Å²) >= 11 is 0. The summed E-state index contributed by atoms with van der Waals surface area (Å²) in [5.74, 6) is -0.920. The number of benzene rings is 1. The van der Waals surface area contributed by atoms with Crippen LogP contribution in [0.2, 0.25) is 0 Å². The number of rotatable bonds is 7. The first-order valence-corrected chi connectivity index (χ1v) is 10.3. The summed E-state index contributed by atoms with van der Waals surface area (Å²) in [6, 6.07) is 2.69. The summed E-state index contributed by atoms with van der Waals surface area (Å²) < 4.78 is 4.89. The van der Waals surface area contributed by atoms with Gasteiger partial charge in [0.15, 0.2) is 0 Å². The molecule has 1 amide bonds. The van der Waals surface area contributed by atoms with Crippen molar-refractivity contribution in [3.63, 3.8) is 0 Å². The number of ether oxygens (including phenoxy) is 1. The van der Waals surface area contributed by atoms with Gasteiger partial charge in [0.05, 0.1) is 24.6 Å². The Labute approximate surface area is 186 Å². The van der Waals surface area contributed by atoms with Gasteiger partial charge >= 0.3 is 11.7 Å². The fourth-order valence-corrected chi connectivity index (χ4v) is 3.88. The fourth-order valence-electron chi connectivity index (χ4n) is 3.88. The number of carbonyl (C=O) groups is 2. The molecule has 2 N–H and O–H groups in total. The van der Waals surface area contributed by atoms with Crippen LogP contribution >= 0.6 is 0 Å². The van der Waals surface area contributed by atoms with Crippen LogP contribution in [-0.2, 0) is 16.0 Å². The number of H-pyrrole nitrogens is 1. The number of aromatic amines is 1. The van der Waals surface area contributed by atoms with Crippen molar-refractivity contribution in [1.29, 1.82) is 0 Å². The molecule has 2 aliphatic rings. The van der Waals surface area contributed by atoms with Crippen LogP contribution in [0.5, 0.6) is 0 Å². The number of imidazole rings is 1. The van der Waals surface area contributed by atoms with Gasteiger partial charge in [-0.15, -0.1) is 0 Å². The maximum Gasteiger partial charge on any atom is 0.354 e. The second-order valence-corrected chi connectivity index (χ2v) is 7.53. The van der Waals surface area contributed by atoms with E-state index >= 15 is 0 Å². The Bertz CT molecular complexity index is 1160. The van der Waals surface area contributed by atoms with Gasteiger partial charge in [-0.3, -0.25) is 4.79 Å². The summed E-state index contributed by atoms with van der Waals surface area (Å²) in [5, 5.41) is 2.80. The second kappa shape index (κ2) is 9.31. The van der Waals surface area contributed by atoms with Crippen LogP contribution in [0.15, 0.2) is 61.1 Å². The zero-order chi connectivity index (χ0) is 22.5. The summed E-state index contributed by atoms with van der Waals surface area (Å²) in [6.07, 6.45) is 16.8. The maximum atomic E-state index is 13.3. The van der Waals surface area contributed by atoms with E-state index in [4.69, 9.17) is 11.3 Å². The average Bonchev–Trinajstić information content (AvgIpc) is 3.60. The molecule has 7 nitrogen and oxygen atoms in total. The maximum absolute atomic E-state index is 13.3. The van der Waals surface area contributed by atoms with E-state index in [1.54, 1.807) is 18.3 Å². The summed E-state index contributed by atoms with van der Waals surface area (Å²) in [7, 11) is 1.29. The van der Waals surface area contributed by atoms with E-state index < -0.39 is 12.0 Å². The van der Waals surface area contributed by atoms with E-state index in [9.17, 15) is 9.59 Å². The summed E-state index contributed by atoms with van der Waals surface area (Å²) in [6.45, 7) is 5.79. The average molecular weight is 427 g/mol. The van der Waals surface area contributed by atoms with E-state index in [2.05, 4.69) is 20.1 Å². The molecular formula is C25H23N4O3+. The predicted octanol–water partition coefficient (Wildman–Crippen LogP) is 4.20. The molecular weight excluding hydrogens is 404 g/mol. The topological polar surface area (TPSA) is 88.4 Å². The highest BCUT2D eigenvalue weighted by molar-refractivity contribution is 6.01. The number of hydrogen-bond acceptors (Lipinski definition) is 4. The Morgan fingerprint density at radius 2 is 1.84 bits per heavy atom. The molecule has 0 aliphatic heterocycles. The van der Waals surface area contributed by atoms with Crippen LogP contribution in [0.1, 0.15) is 40.0 Å². The van der Waals surface area contributed by atoms with Crippen molar-refractivity contribution in [2.45, 2.75) is 25.3 Å². The first-order valence-electron chi connectivity index (χ1n) is 10.3. The van der Waals surface area contributed by atoms with E-state index in [1.165, 1.54) is 13.4 Å². The Hall–Kier alpha value is -4.18. The van der Waals surface area contributed by atoms with Crippen LogP contribution in [0.4, 0.5) is 5.69 Å². The third kappa shape index (κ3) is 4.30. The van der Waals surface area contributed by atoms with Crippen LogP contribution in [-0.4, -0.2) is 35.0 Å². The molecule has 1 atom stereocenters. The lowest BCUT2D eigenvalue weighted by molar-refractivity contribution is -0.142. The lowest BCUT2D eigenvalue weighted by atomic mass is 9.92. The molecule has 0 radical (unpaired) electrons. The summed E-state index contributed by atoms with van der Waals surface area (Å²) in [5.41, 5.74) is 5.43. The van der Waals surface area contributed by atoms with Gasteiger partial charge in [-0.2, -0.15) is 0 Å². The first-order chi connectivity index (χ1) is 15.6. The minimum Gasteiger partial charge on any atom is -0.467 e. The molecule has 0 unspecified atom stereocenters. The molecule has 0 bridgehead atoms. The van der Waals surface area contributed by atoms with Gasteiger partial charge in [-0.1, -0.05) is 36.5 Å². The Balaban J connectivity index is 1.70. The van der Waals surface area contributed by atoms with Crippen molar-refractivity contribution >= 4 is 28.7 Å². The Morgan fingerprint density at radius 1 is 1.19 bits per heavy atom. The van der Waals surface area contributed by atoms with Crippen LogP contribution < -0.4 is 5.32 Å². The summed E-state index contributed by atoms with van der Waals surface area (Å²) in [4.78, 5) is 36.5. The second-order valence-electron chi connectivity index (χ2n) is 7.53. The molecule has 160 valence electrons. The minimum atomic E-state index is -0.863. The minimum absolute atomic E-state index is 0.235. The molecule has 7 heteroatoms. The SMILES string of the molecule is C#[N+]c1c(C2=CC=CC2)cc(C(=O)N[C@H](Cc2cnc[nH]2)C(=O)OC)cc1C1=CC=CC1. The van der Waals surface area contributed by atoms with Crippen LogP contribution in [0.3, 0.4) is 0 Å². The quantitative estimate of drug-likeness (QED) is 0.648. The van der Waals surface area contributed by atoms with Gasteiger partial charge < -0.3 is 15.0 Å². The predicted molar refractivity (Wildman–Crippen MR) is 123 cm³/mol. The number of amides is 1. The number of hydrogen-bond donors (Lipinski definition) is 2. The molecule has 1 aromatic heterocycles. The van der Waals surface area contributed by atoms with Crippen LogP contribution in [0.25, 0.3) is 16.0 Å². The highest BCUT2D eigenvalue weighted by Crippen LogP contribution is 2.40. The van der Waals surface area contributed by atoms with Crippen molar-refractivity contribution in [3.8, 4) is 6.57 Å². The van der Waals surface area contributed by atoms with Gasteiger partial charge in [0.2, 0.25) is 0 Å². The Kier molecular flexibility index (Phi) is 6.13. The Morgan fingerprint density at radius 3 is 2.31 bits per heavy atom. The lowest BCUT2D eigenvalue weighted by Gasteiger charge is -2.17. The van der Waals surface area contributed by atoms with Crippen LogP contribution in [0, 0.1) is 6.57 Å². The van der Waals surface area contributed by atoms with Gasteiger partial charge in [0.1, 0.15) is 6.04 Å².